The van der Waals surface area contributed by atoms with E-state index < -0.39 is 15.9 Å². The van der Waals surface area contributed by atoms with Crippen molar-refractivity contribution in [2.24, 2.45) is 5.92 Å². The molecule has 0 N–H and O–H groups in total. The third kappa shape index (κ3) is 5.08. The molecule has 0 aliphatic carbocycles. The molecule has 0 aromatic heterocycles. The Hall–Kier alpha value is -2.50. The van der Waals surface area contributed by atoms with Crippen molar-refractivity contribution in [1.82, 2.24) is 9.21 Å². The Bertz CT molecular complexity index is 1350. The van der Waals surface area contributed by atoms with Crippen LogP contribution in [-0.2, 0) is 26.0 Å². The Balaban J connectivity index is 1.28. The summed E-state index contributed by atoms with van der Waals surface area (Å²) in [5, 5.41) is 0. The number of carbonyl (C=O) groups excluding carboxylic acids is 2. The maximum atomic E-state index is 14.2. The van der Waals surface area contributed by atoms with Crippen LogP contribution in [0.5, 0.6) is 0 Å². The predicted molar refractivity (Wildman–Crippen MR) is 147 cm³/mol. The number of benzene rings is 2. The molecule has 3 aliphatic heterocycles. The van der Waals surface area contributed by atoms with Gasteiger partial charge in [-0.2, -0.15) is 4.31 Å². The van der Waals surface area contributed by atoms with Gasteiger partial charge in [0.05, 0.1) is 16.5 Å². The molecule has 5 rings (SSSR count). The van der Waals surface area contributed by atoms with Gasteiger partial charge in [-0.25, -0.2) is 12.8 Å². The van der Waals surface area contributed by atoms with Gasteiger partial charge in [0, 0.05) is 62.4 Å². The molecule has 2 aromatic carbocycles. The average Bonchev–Trinajstić information content (AvgIpc) is 3.35. The van der Waals surface area contributed by atoms with Crippen LogP contribution in [0.2, 0.25) is 0 Å². The zero-order valence-electron chi connectivity index (χ0n) is 21.4. The number of anilines is 2. The molecule has 3 aliphatic rings. The molecular weight excluding hydrogens is 575 g/mol. The van der Waals surface area contributed by atoms with E-state index >= 15 is 0 Å². The lowest BCUT2D eigenvalue weighted by molar-refractivity contribution is -0.137. The smallest absolute Gasteiger partial charge is 0.244 e. The van der Waals surface area contributed by atoms with Gasteiger partial charge < -0.3 is 14.7 Å². The summed E-state index contributed by atoms with van der Waals surface area (Å²) >= 11 is 3.45. The van der Waals surface area contributed by atoms with Gasteiger partial charge in [-0.15, -0.1) is 0 Å². The molecule has 0 saturated carbocycles. The zero-order chi connectivity index (χ0) is 27.0. The fraction of sp³-hybridized carbons (Fsp3) is 0.481. The molecule has 0 unspecified atom stereocenters. The maximum Gasteiger partial charge on any atom is 0.244 e. The number of sulfonamides is 1. The Morgan fingerprint density at radius 2 is 1.76 bits per heavy atom. The van der Waals surface area contributed by atoms with Gasteiger partial charge in [-0.1, -0.05) is 19.1 Å². The first-order valence-corrected chi connectivity index (χ1v) is 15.3. The highest BCUT2D eigenvalue weighted by molar-refractivity contribution is 9.10. The number of piperazine rings is 1. The third-order valence-electron chi connectivity index (χ3n) is 7.77. The van der Waals surface area contributed by atoms with E-state index in [4.69, 9.17) is 0 Å². The lowest BCUT2D eigenvalue weighted by Gasteiger charge is -2.39. The summed E-state index contributed by atoms with van der Waals surface area (Å²) in [6.45, 7) is 4.78. The molecule has 8 nitrogen and oxygen atoms in total. The van der Waals surface area contributed by atoms with E-state index in [0.717, 1.165) is 5.56 Å². The number of hydrogen-bond acceptors (Lipinski definition) is 5. The second kappa shape index (κ2) is 10.9. The second-order valence-electron chi connectivity index (χ2n) is 10.0. The third-order valence-corrected chi connectivity index (χ3v) is 10.6. The Labute approximate surface area is 231 Å². The van der Waals surface area contributed by atoms with Crippen molar-refractivity contribution in [3.63, 3.8) is 0 Å². The number of piperidine rings is 1. The number of para-hydroxylation sites is 1. The van der Waals surface area contributed by atoms with Crippen LogP contribution in [0, 0.1) is 11.7 Å². The summed E-state index contributed by atoms with van der Waals surface area (Å²) in [6, 6.07) is 10.0. The van der Waals surface area contributed by atoms with Gasteiger partial charge >= 0.3 is 0 Å². The number of nitrogens with zero attached hydrogens (tertiary/aromatic N) is 4. The van der Waals surface area contributed by atoms with Gasteiger partial charge in [0.2, 0.25) is 21.8 Å². The first-order chi connectivity index (χ1) is 18.2. The molecule has 2 fully saturated rings. The van der Waals surface area contributed by atoms with Crippen LogP contribution >= 0.6 is 15.9 Å². The fourth-order valence-corrected chi connectivity index (χ4v) is 8.27. The minimum absolute atomic E-state index is 0.0341. The summed E-state index contributed by atoms with van der Waals surface area (Å²) in [6.07, 6.45) is 2.25. The van der Waals surface area contributed by atoms with E-state index in [9.17, 15) is 22.4 Å². The van der Waals surface area contributed by atoms with Gasteiger partial charge in [0.1, 0.15) is 5.82 Å². The van der Waals surface area contributed by atoms with Crippen molar-refractivity contribution in [1.29, 1.82) is 0 Å². The summed E-state index contributed by atoms with van der Waals surface area (Å²) in [4.78, 5) is 31.3. The highest BCUT2D eigenvalue weighted by atomic mass is 79.9. The molecule has 11 heteroatoms. The summed E-state index contributed by atoms with van der Waals surface area (Å²) < 4.78 is 43.6. The van der Waals surface area contributed by atoms with Crippen LogP contribution in [0.25, 0.3) is 0 Å². The van der Waals surface area contributed by atoms with E-state index in [0.29, 0.717) is 80.8 Å². The molecule has 0 radical (unpaired) electrons. The number of rotatable bonds is 5. The van der Waals surface area contributed by atoms with E-state index in [1.807, 2.05) is 4.90 Å². The molecule has 3 heterocycles. The predicted octanol–water partition coefficient (Wildman–Crippen LogP) is 3.64. The van der Waals surface area contributed by atoms with Gasteiger partial charge in [0.25, 0.3) is 0 Å². The largest absolute Gasteiger partial charge is 0.366 e. The molecule has 2 amide bonds. The summed E-state index contributed by atoms with van der Waals surface area (Å²) in [5.41, 5.74) is 2.13. The van der Waals surface area contributed by atoms with Crippen molar-refractivity contribution in [2.75, 3.05) is 55.6 Å². The Kier molecular flexibility index (Phi) is 7.79. The molecular formula is C27H32BrFN4O4S. The van der Waals surface area contributed by atoms with Crippen molar-refractivity contribution >= 4 is 49.1 Å². The Morgan fingerprint density at radius 3 is 2.47 bits per heavy atom. The topological polar surface area (TPSA) is 81.2 Å². The molecule has 2 aromatic rings. The molecule has 38 heavy (non-hydrogen) atoms. The van der Waals surface area contributed by atoms with Crippen molar-refractivity contribution in [2.45, 2.75) is 37.5 Å². The lowest BCUT2D eigenvalue weighted by Crippen LogP contribution is -2.53. The minimum Gasteiger partial charge on any atom is -0.366 e. The first-order valence-electron chi connectivity index (χ1n) is 13.1. The SMILES string of the molecule is CCC(=O)N1CCc2cc(Br)c(S(=O)(=O)N3CCC[C@H](C(=O)N4CCN(c5ccccc5F)CC4)C3)cc21. The number of fused-ring (bicyclic) bond motifs is 1. The highest BCUT2D eigenvalue weighted by Crippen LogP contribution is 2.38. The van der Waals surface area contributed by atoms with E-state index in [2.05, 4.69) is 15.9 Å². The first kappa shape index (κ1) is 27.1. The maximum absolute atomic E-state index is 14.2. The lowest BCUT2D eigenvalue weighted by atomic mass is 9.97. The average molecular weight is 608 g/mol. The van der Waals surface area contributed by atoms with Crippen LogP contribution in [0.3, 0.4) is 0 Å². The zero-order valence-corrected chi connectivity index (χ0v) is 23.8. The van der Waals surface area contributed by atoms with Crippen LogP contribution in [0.1, 0.15) is 31.7 Å². The van der Waals surface area contributed by atoms with E-state index in [1.165, 1.54) is 10.4 Å². The van der Waals surface area contributed by atoms with Gasteiger partial charge in [-0.05, 0) is 65.0 Å². The number of amides is 2. The summed E-state index contributed by atoms with van der Waals surface area (Å²) in [7, 11) is -3.89. The van der Waals surface area contributed by atoms with E-state index in [-0.39, 0.29) is 29.1 Å². The monoisotopic (exact) mass is 606 g/mol. The fourth-order valence-electron chi connectivity index (χ4n) is 5.67. The normalized spacial score (nSPS) is 20.5. The molecule has 1 atom stereocenters. The van der Waals surface area contributed by atoms with Crippen LogP contribution in [-0.4, -0.2) is 75.3 Å². The number of hydrogen-bond donors (Lipinski definition) is 0. The van der Waals surface area contributed by atoms with Gasteiger partial charge in [-0.3, -0.25) is 9.59 Å². The number of carbonyl (C=O) groups is 2. The van der Waals surface area contributed by atoms with Crippen LogP contribution in [0.15, 0.2) is 45.8 Å². The molecule has 0 spiro atoms. The summed E-state index contributed by atoms with van der Waals surface area (Å²) in [5.74, 6) is -0.788. The van der Waals surface area contributed by atoms with E-state index in [1.54, 1.807) is 47.1 Å². The van der Waals surface area contributed by atoms with Crippen LogP contribution < -0.4 is 9.80 Å². The molecule has 204 valence electrons. The molecule has 0 bridgehead atoms. The second-order valence-corrected chi connectivity index (χ2v) is 12.8. The highest BCUT2D eigenvalue weighted by Gasteiger charge is 2.38. The van der Waals surface area contributed by atoms with Gasteiger partial charge in [0.15, 0.2) is 0 Å². The van der Waals surface area contributed by atoms with Crippen molar-refractivity contribution in [3.8, 4) is 0 Å². The quantitative estimate of drug-likeness (QED) is 0.519. The molecule has 2 saturated heterocycles. The van der Waals surface area contributed by atoms with Crippen molar-refractivity contribution in [3.05, 3.63) is 52.3 Å². The minimum atomic E-state index is -3.89. The standard InChI is InChI=1S/C27H32BrFN4O4S/c1-2-26(34)33-11-9-19-16-21(28)25(17-24(19)33)38(36,37)32-10-5-6-20(18-32)27(35)31-14-12-30(13-15-31)23-8-4-3-7-22(23)29/h3-4,7-8,16-17,20H,2,5-6,9-15,18H2,1H3/t20-/m0/s1. The van der Waals surface area contributed by atoms with Crippen LogP contribution in [0.4, 0.5) is 15.8 Å². The Morgan fingerprint density at radius 1 is 1.03 bits per heavy atom. The number of halogens is 2. The van der Waals surface area contributed by atoms with Crippen molar-refractivity contribution < 1.29 is 22.4 Å².